The molecule has 5 heterocycles. The van der Waals surface area contributed by atoms with Crippen LogP contribution in [0.5, 0.6) is 0 Å². The summed E-state index contributed by atoms with van der Waals surface area (Å²) < 4.78 is 28.2. The predicted molar refractivity (Wildman–Crippen MR) is 333 cm³/mol. The summed E-state index contributed by atoms with van der Waals surface area (Å²) in [7, 11) is 0. The van der Waals surface area contributed by atoms with Crippen LogP contribution in [-0.2, 0) is 61.2 Å². The standard InChI is InChI=1S/C66H87N9O11S/c1-8-46-36-51-52(66(6,7)61-58(59(51)79)50-14-11-45(39-67)35-53(50)70-61)38-54(46)73-19-15-48(16-20-73)72-21-23-74(24-22-72)57(78)18-26-83-28-30-85-32-34-86-33-31-84-29-27-82-25-17-56(77)71-62(65(3,4)5)64(81)75-41-49(76)37-55(75)63(80)68-40-44-9-12-47(13-10-44)60-43(2)69-42-87-60/h9-14,35-36,38,42,48-49,55,62,70,76H,8,15-34,37,40-41H2,1-7H3,(H,68,80)(H,71,77)/t49-,55+,62?/m1/s1. The van der Waals surface area contributed by atoms with Crippen molar-refractivity contribution >= 4 is 57.3 Å². The number of nitriles is 1. The molecule has 21 heteroatoms. The van der Waals surface area contributed by atoms with Gasteiger partial charge in [0, 0.05) is 105 Å². The van der Waals surface area contributed by atoms with Gasteiger partial charge in [-0.25, -0.2) is 4.98 Å². The van der Waals surface area contributed by atoms with Crippen LogP contribution in [0.3, 0.4) is 0 Å². The van der Waals surface area contributed by atoms with Crippen LogP contribution in [0.25, 0.3) is 21.3 Å². The number of amides is 4. The van der Waals surface area contributed by atoms with Crippen LogP contribution in [0.1, 0.15) is 123 Å². The maximum absolute atomic E-state index is 14.2. The summed E-state index contributed by atoms with van der Waals surface area (Å²) >= 11 is 1.57. The molecular formula is C66H87N9O11S. The summed E-state index contributed by atoms with van der Waals surface area (Å²) in [6, 6.07) is 18.6. The highest BCUT2D eigenvalue weighted by molar-refractivity contribution is 7.13. The number of carbonyl (C=O) groups excluding carboxylic acids is 5. The number of ether oxygens (including phenoxy) is 5. The minimum Gasteiger partial charge on any atom is -0.391 e. The molecule has 3 saturated heterocycles. The zero-order chi connectivity index (χ0) is 61.8. The van der Waals surface area contributed by atoms with E-state index in [2.05, 4.69) is 69.4 Å². The van der Waals surface area contributed by atoms with E-state index in [1.165, 1.54) is 16.2 Å². The summed E-state index contributed by atoms with van der Waals surface area (Å²) in [5.41, 5.74) is 10.8. The number of fused-ring (bicyclic) bond motifs is 4. The number of piperazine rings is 1. The first-order valence-corrected chi connectivity index (χ1v) is 31.7. The van der Waals surface area contributed by atoms with E-state index in [0.717, 1.165) is 94.9 Å². The molecule has 3 aliphatic heterocycles. The Kier molecular flexibility index (Phi) is 22.1. The van der Waals surface area contributed by atoms with Gasteiger partial charge in [-0.1, -0.05) is 71.9 Å². The summed E-state index contributed by atoms with van der Waals surface area (Å²) in [5, 5.41) is 26.7. The number of nitrogens with zero attached hydrogens (tertiary/aromatic N) is 6. The monoisotopic (exact) mass is 1210 g/mol. The number of piperidine rings is 1. The van der Waals surface area contributed by atoms with Crippen molar-refractivity contribution in [2.24, 2.45) is 5.41 Å². The van der Waals surface area contributed by atoms with Crippen molar-refractivity contribution in [3.05, 3.63) is 105 Å². The van der Waals surface area contributed by atoms with Gasteiger partial charge in [0.1, 0.15) is 12.1 Å². The average molecular weight is 1210 g/mol. The second-order valence-corrected chi connectivity index (χ2v) is 25.6. The number of aliphatic hydroxyl groups excluding tert-OH is 1. The third-order valence-corrected chi connectivity index (χ3v) is 18.4. The molecule has 3 aromatic carbocycles. The summed E-state index contributed by atoms with van der Waals surface area (Å²) in [5.74, 6) is -1.01. The van der Waals surface area contributed by atoms with Crippen molar-refractivity contribution in [1.29, 1.82) is 5.26 Å². The van der Waals surface area contributed by atoms with Crippen molar-refractivity contribution in [3.8, 4) is 16.5 Å². The van der Waals surface area contributed by atoms with E-state index in [1.807, 2.05) is 74.5 Å². The molecule has 3 fully saturated rings. The molecule has 0 saturated carbocycles. The zero-order valence-electron chi connectivity index (χ0n) is 51.7. The first kappa shape index (κ1) is 64.9. The van der Waals surface area contributed by atoms with Crippen molar-refractivity contribution in [2.75, 3.05) is 117 Å². The number of hydrogen-bond acceptors (Lipinski definition) is 16. The van der Waals surface area contributed by atoms with Gasteiger partial charge in [-0.15, -0.1) is 11.3 Å². The predicted octanol–water partition coefficient (Wildman–Crippen LogP) is 6.69. The van der Waals surface area contributed by atoms with Gasteiger partial charge in [0.25, 0.3) is 0 Å². The number of rotatable bonds is 27. The molecule has 2 aromatic heterocycles. The quantitative estimate of drug-likeness (QED) is 0.0401. The molecule has 20 nitrogen and oxygen atoms in total. The molecule has 0 spiro atoms. The molecule has 1 unspecified atom stereocenters. The molecule has 1 aliphatic carbocycles. The number of H-pyrrole nitrogens is 1. The smallest absolute Gasteiger partial charge is 0.246 e. The van der Waals surface area contributed by atoms with Gasteiger partial charge in [0.15, 0.2) is 5.78 Å². The Bertz CT molecular complexity index is 3240. The molecule has 9 rings (SSSR count). The topological polar surface area (TPSA) is 241 Å². The molecule has 4 amide bonds. The van der Waals surface area contributed by atoms with Crippen LogP contribution >= 0.6 is 11.3 Å². The van der Waals surface area contributed by atoms with E-state index in [1.54, 1.807) is 17.4 Å². The Morgan fingerprint density at radius 2 is 1.48 bits per heavy atom. The number of likely N-dealkylation sites (tertiary alicyclic amines) is 1. The molecule has 3 atom stereocenters. The fourth-order valence-corrected chi connectivity index (χ4v) is 13.3. The highest BCUT2D eigenvalue weighted by atomic mass is 32.1. The maximum Gasteiger partial charge on any atom is 0.246 e. The van der Waals surface area contributed by atoms with Crippen LogP contribution < -0.4 is 15.5 Å². The van der Waals surface area contributed by atoms with E-state index < -0.39 is 34.9 Å². The van der Waals surface area contributed by atoms with E-state index in [0.29, 0.717) is 89.5 Å². The van der Waals surface area contributed by atoms with Crippen molar-refractivity contribution in [3.63, 3.8) is 0 Å². The van der Waals surface area contributed by atoms with E-state index in [4.69, 9.17) is 23.7 Å². The molecular weight excluding hydrogens is 1130 g/mol. The number of aryl methyl sites for hydroxylation is 2. The fraction of sp³-hybridized carbons (Fsp3) is 0.561. The Balaban J connectivity index is 0.574. The maximum atomic E-state index is 14.2. The minimum atomic E-state index is -0.935. The number of aliphatic hydroxyl groups is 1. The molecule has 5 aromatic rings. The Morgan fingerprint density at radius 3 is 2.08 bits per heavy atom. The SMILES string of the molecule is CCc1cc2c(cc1N1CCC(N3CCN(C(=O)CCOCCOCCOCCOCCOCCC(=O)NC(C(=O)N4C[C@H](O)C[C@H]4C(=O)NCc4ccc(-c5scnc5C)cc4)C(C)(C)C)CC3)CC1)C(C)(C)c1[nH]c3cc(C#N)ccc3c1C2=O. The Morgan fingerprint density at radius 1 is 0.851 bits per heavy atom. The number of benzene rings is 3. The number of anilines is 1. The van der Waals surface area contributed by atoms with Gasteiger partial charge in [0.05, 0.1) is 112 Å². The van der Waals surface area contributed by atoms with Crippen LogP contribution in [0, 0.1) is 23.7 Å². The molecule has 4 aliphatic rings. The molecule has 0 bridgehead atoms. The van der Waals surface area contributed by atoms with Crippen LogP contribution in [0.4, 0.5) is 5.69 Å². The second-order valence-electron chi connectivity index (χ2n) is 24.7. The number of hydrogen-bond donors (Lipinski definition) is 4. The summed E-state index contributed by atoms with van der Waals surface area (Å²) in [6.45, 7) is 22.6. The number of thiazole rings is 1. The molecule has 87 heavy (non-hydrogen) atoms. The number of carbonyl (C=O) groups is 5. The number of nitrogens with one attached hydrogen (secondary N) is 3. The van der Waals surface area contributed by atoms with Crippen molar-refractivity contribution in [1.82, 2.24) is 35.3 Å². The van der Waals surface area contributed by atoms with Crippen LogP contribution in [0.15, 0.2) is 60.1 Å². The normalized spacial score (nSPS) is 18.4. The highest BCUT2D eigenvalue weighted by Crippen LogP contribution is 2.46. The van der Waals surface area contributed by atoms with E-state index in [9.17, 15) is 34.3 Å². The lowest BCUT2D eigenvalue weighted by molar-refractivity contribution is -0.144. The van der Waals surface area contributed by atoms with Gasteiger partial charge in [-0.3, -0.25) is 28.9 Å². The highest BCUT2D eigenvalue weighted by Gasteiger charge is 2.45. The number of aromatic nitrogens is 2. The first-order chi connectivity index (χ1) is 41.9. The number of ketones is 1. The van der Waals surface area contributed by atoms with Gasteiger partial charge in [-0.2, -0.15) is 5.26 Å². The van der Waals surface area contributed by atoms with Crippen LogP contribution in [0.2, 0.25) is 0 Å². The van der Waals surface area contributed by atoms with Gasteiger partial charge >= 0.3 is 0 Å². The number of β-amino-alcohol motifs (C(OH)–C–C–N with tert-alkyl or cyclic N) is 1. The van der Waals surface area contributed by atoms with E-state index >= 15 is 0 Å². The summed E-state index contributed by atoms with van der Waals surface area (Å²) in [4.78, 5) is 85.1. The lowest BCUT2D eigenvalue weighted by Crippen LogP contribution is -2.57. The van der Waals surface area contributed by atoms with Crippen molar-refractivity contribution < 1.29 is 52.8 Å². The second kappa shape index (κ2) is 29.6. The van der Waals surface area contributed by atoms with Crippen LogP contribution in [-0.4, -0.2) is 195 Å². The Labute approximate surface area is 515 Å². The molecule has 468 valence electrons. The molecule has 4 N–H and O–H groups in total. The van der Waals surface area contributed by atoms with Gasteiger partial charge in [0.2, 0.25) is 23.6 Å². The summed E-state index contributed by atoms with van der Waals surface area (Å²) in [6.07, 6.45) is 2.48. The fourth-order valence-electron chi connectivity index (χ4n) is 12.4. The first-order valence-electron chi connectivity index (χ1n) is 30.8. The number of aromatic amines is 1. The minimum absolute atomic E-state index is 0.00873. The van der Waals surface area contributed by atoms with Gasteiger partial charge in [-0.05, 0) is 78.1 Å². The molecule has 0 radical (unpaired) electrons. The third-order valence-electron chi connectivity index (χ3n) is 17.4. The van der Waals surface area contributed by atoms with Crippen molar-refractivity contribution in [2.45, 2.75) is 123 Å². The van der Waals surface area contributed by atoms with Gasteiger partial charge < -0.3 is 59.1 Å². The van der Waals surface area contributed by atoms with E-state index in [-0.39, 0.29) is 62.6 Å². The average Bonchev–Trinajstić information content (AvgIpc) is 1.71. The Hall–Kier alpha value is -6.61. The zero-order valence-corrected chi connectivity index (χ0v) is 52.5. The largest absolute Gasteiger partial charge is 0.391 e. The lowest BCUT2D eigenvalue weighted by atomic mass is 9.70. The third kappa shape index (κ3) is 15.8. The lowest BCUT2D eigenvalue weighted by Gasteiger charge is -2.44.